The van der Waals surface area contributed by atoms with Crippen molar-refractivity contribution in [3.8, 4) is 0 Å². The number of rotatable bonds is 4. The van der Waals surface area contributed by atoms with Crippen LogP contribution in [0.3, 0.4) is 0 Å². The first-order chi connectivity index (χ1) is 11.9. The Morgan fingerprint density at radius 2 is 2.04 bits per heavy atom. The third-order valence-electron chi connectivity index (χ3n) is 5.89. The molecule has 26 heavy (non-hydrogen) atoms. The van der Waals surface area contributed by atoms with Crippen LogP contribution in [0.25, 0.3) is 5.65 Å². The first-order valence-electron chi connectivity index (χ1n) is 9.05. The average molecular weight is 490 g/mol. The van der Waals surface area contributed by atoms with Crippen molar-refractivity contribution in [3.63, 3.8) is 0 Å². The molecule has 2 unspecified atom stereocenters. The van der Waals surface area contributed by atoms with Crippen LogP contribution in [0.4, 0.5) is 10.2 Å². The van der Waals surface area contributed by atoms with Gasteiger partial charge in [0.2, 0.25) is 0 Å². The molecule has 144 valence electrons. The molecule has 5 nitrogen and oxygen atoms in total. The van der Waals surface area contributed by atoms with Gasteiger partial charge in [-0.2, -0.15) is 0 Å². The molecule has 0 N–H and O–H groups in total. The van der Waals surface area contributed by atoms with Crippen LogP contribution in [-0.4, -0.2) is 47.8 Å². The summed E-state index contributed by atoms with van der Waals surface area (Å²) in [5.41, 5.74) is -0.549. The molecule has 1 aliphatic rings. The summed E-state index contributed by atoms with van der Waals surface area (Å²) in [6, 6.07) is 3.85. The number of imidazole rings is 1. The third-order valence-corrected chi connectivity index (χ3v) is 11.2. The van der Waals surface area contributed by atoms with Gasteiger partial charge in [0.15, 0.2) is 19.6 Å². The second-order valence-electron chi connectivity index (χ2n) is 8.77. The molecule has 0 amide bonds. The topological polar surface area (TPSA) is 42.7 Å². The van der Waals surface area contributed by atoms with E-state index in [1.807, 2.05) is 24.0 Å². The van der Waals surface area contributed by atoms with E-state index < -0.39 is 20.1 Å². The number of hydrogen-bond donors (Lipinski definition) is 0. The molecule has 0 radical (unpaired) electrons. The van der Waals surface area contributed by atoms with Crippen LogP contribution in [0.2, 0.25) is 18.1 Å². The summed E-state index contributed by atoms with van der Waals surface area (Å²) in [5.74, 6) is 0.785. The summed E-state index contributed by atoms with van der Waals surface area (Å²) in [7, 11) is -2.01. The van der Waals surface area contributed by atoms with Crippen LogP contribution < -0.4 is 4.90 Å². The van der Waals surface area contributed by atoms with Crippen molar-refractivity contribution in [2.75, 3.05) is 18.0 Å². The van der Waals surface area contributed by atoms with Crippen molar-refractivity contribution < 1.29 is 8.82 Å². The summed E-state index contributed by atoms with van der Waals surface area (Å²) in [6.45, 7) is 13.8. The number of hydrogen-bond acceptors (Lipinski definition) is 4. The van der Waals surface area contributed by atoms with Gasteiger partial charge in [-0.15, -0.1) is 5.10 Å². The minimum atomic E-state index is -2.01. The number of anilines is 1. The van der Waals surface area contributed by atoms with Gasteiger partial charge < -0.3 is 9.33 Å². The lowest BCUT2D eigenvalue weighted by Gasteiger charge is -2.41. The van der Waals surface area contributed by atoms with Crippen molar-refractivity contribution in [2.45, 2.75) is 64.0 Å². The number of halogens is 2. The standard InChI is InChI=1S/C18H28FIN4OSi/c1-13(25-26(5,6)17(2,3)4)18(19)9-10-23(12-18)16-8-7-15-21-11-14(20)24(15)22-16/h7-8,11,13H,9-10,12H2,1-6H3. The van der Waals surface area contributed by atoms with Crippen LogP contribution in [0, 0.1) is 3.70 Å². The van der Waals surface area contributed by atoms with Gasteiger partial charge in [-0.25, -0.2) is 13.9 Å². The maximum Gasteiger partial charge on any atom is 0.192 e. The zero-order valence-electron chi connectivity index (χ0n) is 16.4. The SMILES string of the molecule is CC(O[Si](C)(C)C(C)(C)C)C1(F)CCN(c2ccc3ncc(I)n3n2)C1. The van der Waals surface area contributed by atoms with E-state index in [-0.39, 0.29) is 5.04 Å². The van der Waals surface area contributed by atoms with Crippen molar-refractivity contribution in [2.24, 2.45) is 0 Å². The smallest absolute Gasteiger partial charge is 0.192 e. The van der Waals surface area contributed by atoms with E-state index in [1.165, 1.54) is 0 Å². The number of alkyl halides is 1. The van der Waals surface area contributed by atoms with Gasteiger partial charge in [0.05, 0.1) is 18.8 Å². The van der Waals surface area contributed by atoms with Gasteiger partial charge in [0.25, 0.3) is 0 Å². The van der Waals surface area contributed by atoms with Gasteiger partial charge in [-0.1, -0.05) is 20.8 Å². The van der Waals surface area contributed by atoms with E-state index in [2.05, 4.69) is 66.5 Å². The highest BCUT2D eigenvalue weighted by atomic mass is 127. The zero-order valence-corrected chi connectivity index (χ0v) is 19.5. The Bertz CT molecular complexity index is 806. The quantitative estimate of drug-likeness (QED) is 0.462. The van der Waals surface area contributed by atoms with E-state index in [0.717, 1.165) is 15.2 Å². The maximum absolute atomic E-state index is 15.7. The van der Waals surface area contributed by atoms with Crippen molar-refractivity contribution in [1.29, 1.82) is 0 Å². The summed E-state index contributed by atoms with van der Waals surface area (Å²) in [4.78, 5) is 6.31. The monoisotopic (exact) mass is 490 g/mol. The Morgan fingerprint density at radius 1 is 1.35 bits per heavy atom. The van der Waals surface area contributed by atoms with Gasteiger partial charge >= 0.3 is 0 Å². The molecule has 2 aromatic heterocycles. The Balaban J connectivity index is 1.76. The van der Waals surface area contributed by atoms with Gasteiger partial charge in [0, 0.05) is 13.0 Å². The normalized spacial score (nSPS) is 23.0. The van der Waals surface area contributed by atoms with E-state index in [1.54, 1.807) is 10.7 Å². The first kappa shape index (κ1) is 20.0. The predicted octanol–water partition coefficient (Wildman–Crippen LogP) is 4.66. The molecule has 1 aliphatic heterocycles. The fraction of sp³-hybridized carbons (Fsp3) is 0.667. The highest BCUT2D eigenvalue weighted by Crippen LogP contribution is 2.41. The molecular formula is C18H28FIN4OSi. The molecule has 1 fully saturated rings. The zero-order chi connectivity index (χ0) is 19.3. The lowest BCUT2D eigenvalue weighted by atomic mass is 10.00. The molecule has 2 aromatic rings. The maximum atomic E-state index is 15.7. The number of aromatic nitrogens is 3. The minimum Gasteiger partial charge on any atom is -0.411 e. The third kappa shape index (κ3) is 3.64. The van der Waals surface area contributed by atoms with E-state index in [4.69, 9.17) is 4.43 Å². The lowest BCUT2D eigenvalue weighted by Crippen LogP contribution is -2.50. The molecule has 8 heteroatoms. The fourth-order valence-electron chi connectivity index (χ4n) is 3.05. The van der Waals surface area contributed by atoms with Crippen molar-refractivity contribution >= 4 is 42.4 Å². The van der Waals surface area contributed by atoms with Crippen LogP contribution in [-0.2, 0) is 4.43 Å². The molecule has 2 atom stereocenters. The Labute approximate surface area is 169 Å². The second kappa shape index (κ2) is 6.70. The van der Waals surface area contributed by atoms with Crippen LogP contribution in [0.15, 0.2) is 18.3 Å². The fourth-order valence-corrected chi connectivity index (χ4v) is 5.00. The molecule has 0 spiro atoms. The van der Waals surface area contributed by atoms with E-state index >= 15 is 4.39 Å². The summed E-state index contributed by atoms with van der Waals surface area (Å²) in [5, 5.41) is 4.70. The van der Waals surface area contributed by atoms with Crippen LogP contribution in [0.1, 0.15) is 34.1 Å². The summed E-state index contributed by atoms with van der Waals surface area (Å²) in [6.07, 6.45) is 1.82. The summed E-state index contributed by atoms with van der Waals surface area (Å²) < 4.78 is 24.8. The predicted molar refractivity (Wildman–Crippen MR) is 114 cm³/mol. The van der Waals surface area contributed by atoms with Crippen LogP contribution >= 0.6 is 22.6 Å². The van der Waals surface area contributed by atoms with E-state index in [0.29, 0.717) is 19.5 Å². The molecule has 0 aromatic carbocycles. The first-order valence-corrected chi connectivity index (χ1v) is 13.0. The largest absolute Gasteiger partial charge is 0.411 e. The molecular weight excluding hydrogens is 462 g/mol. The highest BCUT2D eigenvalue weighted by molar-refractivity contribution is 14.1. The second-order valence-corrected chi connectivity index (χ2v) is 14.6. The minimum absolute atomic E-state index is 0.0701. The Hall–Kier alpha value is -0.743. The Kier molecular flexibility index (Phi) is 5.15. The van der Waals surface area contributed by atoms with E-state index in [9.17, 15) is 0 Å². The molecule has 0 bridgehead atoms. The summed E-state index contributed by atoms with van der Waals surface area (Å²) >= 11 is 2.20. The average Bonchev–Trinajstić information content (AvgIpc) is 3.10. The number of nitrogens with zero attached hydrogens (tertiary/aromatic N) is 4. The molecule has 3 heterocycles. The van der Waals surface area contributed by atoms with Crippen LogP contribution in [0.5, 0.6) is 0 Å². The van der Waals surface area contributed by atoms with Crippen molar-refractivity contribution in [3.05, 3.63) is 22.0 Å². The lowest BCUT2D eigenvalue weighted by molar-refractivity contribution is 0.0273. The molecule has 3 rings (SSSR count). The van der Waals surface area contributed by atoms with Gasteiger partial charge in [-0.3, -0.25) is 0 Å². The molecule has 1 saturated heterocycles. The molecule has 0 aliphatic carbocycles. The highest BCUT2D eigenvalue weighted by Gasteiger charge is 2.48. The van der Waals surface area contributed by atoms with Crippen molar-refractivity contribution in [1.82, 2.24) is 14.6 Å². The Morgan fingerprint density at radius 3 is 2.69 bits per heavy atom. The van der Waals surface area contributed by atoms with Gasteiger partial charge in [0.1, 0.15) is 9.52 Å². The number of fused-ring (bicyclic) bond motifs is 1. The van der Waals surface area contributed by atoms with Gasteiger partial charge in [-0.05, 0) is 59.8 Å². The molecule has 0 saturated carbocycles.